The molecule has 1 fully saturated rings. The second-order valence-corrected chi connectivity index (χ2v) is 8.24. The molecule has 4 N–H and O–H groups in total. The van der Waals surface area contributed by atoms with E-state index in [9.17, 15) is 23.2 Å². The predicted molar refractivity (Wildman–Crippen MR) is 118 cm³/mol. The number of carbonyl (C=O) groups is 1. The van der Waals surface area contributed by atoms with Gasteiger partial charge in [0.25, 0.3) is 0 Å². The monoisotopic (exact) mass is 472 g/mol. The molecule has 178 valence electrons. The zero-order valence-electron chi connectivity index (χ0n) is 18.4. The van der Waals surface area contributed by atoms with Crippen LogP contribution in [0.2, 0.25) is 0 Å². The van der Waals surface area contributed by atoms with Crippen LogP contribution in [0, 0.1) is 17.2 Å². The van der Waals surface area contributed by atoms with E-state index in [-0.39, 0.29) is 52.7 Å². The number of anilines is 1. The molecule has 1 atom stereocenters. The first kappa shape index (κ1) is 23.4. The summed E-state index contributed by atoms with van der Waals surface area (Å²) < 4.78 is 39.6. The van der Waals surface area contributed by atoms with E-state index in [1.54, 1.807) is 4.90 Å². The van der Waals surface area contributed by atoms with Crippen LogP contribution in [-0.4, -0.2) is 56.4 Å². The van der Waals surface area contributed by atoms with Gasteiger partial charge in [-0.15, -0.1) is 0 Å². The van der Waals surface area contributed by atoms with Gasteiger partial charge in [-0.3, -0.25) is 4.79 Å². The number of halogens is 3. The number of fused-ring (bicyclic) bond motifs is 1. The maximum absolute atomic E-state index is 13.2. The van der Waals surface area contributed by atoms with Gasteiger partial charge in [-0.25, -0.2) is 15.0 Å². The van der Waals surface area contributed by atoms with Crippen LogP contribution >= 0.6 is 0 Å². The number of nitrogens with one attached hydrogen (secondary N) is 2. The van der Waals surface area contributed by atoms with Crippen LogP contribution in [0.3, 0.4) is 0 Å². The van der Waals surface area contributed by atoms with Gasteiger partial charge in [0.15, 0.2) is 0 Å². The molecule has 4 rings (SSSR count). The SMILES string of the molecule is C[C@@H](Nc1ncc(C#N)c(-c2c[nH]c3ncc(C(F)(F)F)cc23)n1)C1CCN(C(=O)CN)CC1. The number of rotatable bonds is 5. The molecule has 3 aromatic heterocycles. The molecule has 1 aliphatic heterocycles. The maximum Gasteiger partial charge on any atom is 0.417 e. The highest BCUT2D eigenvalue weighted by atomic mass is 19.4. The lowest BCUT2D eigenvalue weighted by molar-refractivity contribution is -0.137. The Balaban J connectivity index is 1.59. The number of nitrogens with zero attached hydrogens (tertiary/aromatic N) is 5. The van der Waals surface area contributed by atoms with E-state index < -0.39 is 11.7 Å². The van der Waals surface area contributed by atoms with Crippen LogP contribution in [0.25, 0.3) is 22.3 Å². The number of pyridine rings is 1. The van der Waals surface area contributed by atoms with Gasteiger partial charge in [0.2, 0.25) is 11.9 Å². The lowest BCUT2D eigenvalue weighted by atomic mass is 9.90. The van der Waals surface area contributed by atoms with Gasteiger partial charge >= 0.3 is 6.18 Å². The van der Waals surface area contributed by atoms with E-state index in [2.05, 4.69) is 25.3 Å². The summed E-state index contributed by atoms with van der Waals surface area (Å²) in [6.07, 6.45) is 0.619. The molecule has 0 unspecified atom stereocenters. The van der Waals surface area contributed by atoms with Crippen molar-refractivity contribution >= 4 is 22.9 Å². The van der Waals surface area contributed by atoms with Crippen molar-refractivity contribution in [1.29, 1.82) is 5.26 Å². The number of piperidine rings is 1. The fourth-order valence-corrected chi connectivity index (χ4v) is 4.19. The van der Waals surface area contributed by atoms with E-state index in [0.717, 1.165) is 25.1 Å². The molecule has 1 aliphatic rings. The highest BCUT2D eigenvalue weighted by Crippen LogP contribution is 2.35. The molecule has 3 aromatic rings. The minimum atomic E-state index is -4.55. The first-order chi connectivity index (χ1) is 16.2. The third kappa shape index (κ3) is 4.65. The summed E-state index contributed by atoms with van der Waals surface area (Å²) in [5.41, 5.74) is 5.48. The van der Waals surface area contributed by atoms with Gasteiger partial charge < -0.3 is 20.9 Å². The summed E-state index contributed by atoms with van der Waals surface area (Å²) in [6, 6.07) is 2.96. The van der Waals surface area contributed by atoms with Crippen molar-refractivity contribution in [3.63, 3.8) is 0 Å². The third-order valence-corrected chi connectivity index (χ3v) is 6.15. The second kappa shape index (κ2) is 9.26. The number of aromatic nitrogens is 4. The molecular formula is C22H23F3N8O. The van der Waals surface area contributed by atoms with E-state index in [0.29, 0.717) is 18.7 Å². The van der Waals surface area contributed by atoms with E-state index >= 15 is 0 Å². The fourth-order valence-electron chi connectivity index (χ4n) is 4.19. The van der Waals surface area contributed by atoms with Gasteiger partial charge in [-0.05, 0) is 31.7 Å². The molecule has 34 heavy (non-hydrogen) atoms. The number of aromatic amines is 1. The van der Waals surface area contributed by atoms with Gasteiger partial charge in [-0.1, -0.05) is 0 Å². The van der Waals surface area contributed by atoms with E-state index in [1.807, 2.05) is 13.0 Å². The van der Waals surface area contributed by atoms with Gasteiger partial charge in [0.1, 0.15) is 11.7 Å². The molecule has 9 nitrogen and oxygen atoms in total. The number of H-pyrrole nitrogens is 1. The summed E-state index contributed by atoms with van der Waals surface area (Å²) >= 11 is 0. The van der Waals surface area contributed by atoms with Gasteiger partial charge in [0, 0.05) is 42.5 Å². The highest BCUT2D eigenvalue weighted by Gasteiger charge is 2.32. The van der Waals surface area contributed by atoms with Crippen molar-refractivity contribution in [2.75, 3.05) is 25.0 Å². The normalized spacial score (nSPS) is 15.8. The number of amides is 1. The highest BCUT2D eigenvalue weighted by molar-refractivity contribution is 5.94. The Hall–Kier alpha value is -3.72. The topological polar surface area (TPSA) is 137 Å². The van der Waals surface area contributed by atoms with Gasteiger partial charge in [0.05, 0.1) is 29.6 Å². The number of nitriles is 1. The van der Waals surface area contributed by atoms with E-state index in [1.165, 1.54) is 12.4 Å². The molecule has 0 aromatic carbocycles. The van der Waals surface area contributed by atoms with Crippen molar-refractivity contribution in [3.8, 4) is 17.3 Å². The van der Waals surface area contributed by atoms with Crippen LogP contribution in [0.1, 0.15) is 30.9 Å². The number of hydrogen-bond acceptors (Lipinski definition) is 7. The molecule has 0 aliphatic carbocycles. The molecule has 4 heterocycles. The molecule has 12 heteroatoms. The Morgan fingerprint density at radius 1 is 1.35 bits per heavy atom. The quantitative estimate of drug-likeness (QED) is 0.519. The molecule has 0 radical (unpaired) electrons. The summed E-state index contributed by atoms with van der Waals surface area (Å²) in [7, 11) is 0. The molecule has 1 amide bonds. The lowest BCUT2D eigenvalue weighted by Crippen LogP contribution is -2.44. The zero-order chi connectivity index (χ0) is 24.5. The first-order valence-corrected chi connectivity index (χ1v) is 10.8. The summed E-state index contributed by atoms with van der Waals surface area (Å²) in [5, 5.41) is 13.0. The Morgan fingerprint density at radius 2 is 2.09 bits per heavy atom. The Morgan fingerprint density at radius 3 is 2.74 bits per heavy atom. The summed E-state index contributed by atoms with van der Waals surface area (Å²) in [5.74, 6) is 0.452. The average Bonchev–Trinajstić information content (AvgIpc) is 3.26. The zero-order valence-corrected chi connectivity index (χ0v) is 18.4. The van der Waals surface area contributed by atoms with Gasteiger partial charge in [-0.2, -0.15) is 18.4 Å². The molecule has 1 saturated heterocycles. The number of carbonyl (C=O) groups excluding carboxylic acids is 1. The number of alkyl halides is 3. The van der Waals surface area contributed by atoms with Crippen molar-refractivity contribution in [2.24, 2.45) is 11.7 Å². The van der Waals surface area contributed by atoms with Crippen LogP contribution in [0.15, 0.2) is 24.7 Å². The number of hydrogen-bond donors (Lipinski definition) is 3. The minimum Gasteiger partial charge on any atom is -0.351 e. The Labute approximate surface area is 193 Å². The summed E-state index contributed by atoms with van der Waals surface area (Å²) in [6.45, 7) is 3.22. The van der Waals surface area contributed by atoms with Crippen molar-refractivity contribution in [3.05, 3.63) is 35.8 Å². The van der Waals surface area contributed by atoms with Crippen LogP contribution in [0.5, 0.6) is 0 Å². The summed E-state index contributed by atoms with van der Waals surface area (Å²) in [4.78, 5) is 28.9. The largest absolute Gasteiger partial charge is 0.417 e. The lowest BCUT2D eigenvalue weighted by Gasteiger charge is -2.35. The van der Waals surface area contributed by atoms with Crippen LogP contribution in [-0.2, 0) is 11.0 Å². The Kier molecular flexibility index (Phi) is 6.39. The third-order valence-electron chi connectivity index (χ3n) is 6.15. The van der Waals surface area contributed by atoms with Crippen molar-refractivity contribution in [1.82, 2.24) is 24.8 Å². The van der Waals surface area contributed by atoms with E-state index in [4.69, 9.17) is 5.73 Å². The minimum absolute atomic E-state index is 0.00580. The van der Waals surface area contributed by atoms with Crippen LogP contribution in [0.4, 0.5) is 19.1 Å². The second-order valence-electron chi connectivity index (χ2n) is 8.24. The molecule has 0 saturated carbocycles. The first-order valence-electron chi connectivity index (χ1n) is 10.8. The number of likely N-dealkylation sites (tertiary alicyclic amines) is 1. The van der Waals surface area contributed by atoms with Crippen molar-refractivity contribution < 1.29 is 18.0 Å². The fraction of sp³-hybridized carbons (Fsp3) is 0.409. The molecular weight excluding hydrogens is 449 g/mol. The maximum atomic E-state index is 13.2. The standard InChI is InChI=1S/C22H23F3N8O/c1-12(13-2-4-33(5-3-13)18(34)8-27)31-21-30-9-14(7-26)19(32-21)17-11-29-20-16(17)6-15(10-28-20)22(23,24)25/h6,9-13H,2-5,8,27H2,1H3,(H,28,29)(H,30,31,32)/t12-/m1/s1. The predicted octanol–water partition coefficient (Wildman–Crippen LogP) is 2.91. The smallest absolute Gasteiger partial charge is 0.351 e. The Bertz CT molecular complexity index is 1240. The molecule has 0 bridgehead atoms. The van der Waals surface area contributed by atoms with Crippen LogP contribution < -0.4 is 11.1 Å². The number of nitrogens with two attached hydrogens (primary N) is 1. The average molecular weight is 472 g/mol. The van der Waals surface area contributed by atoms with Crippen molar-refractivity contribution in [2.45, 2.75) is 32.0 Å². The molecule has 0 spiro atoms.